The van der Waals surface area contributed by atoms with Crippen molar-refractivity contribution >= 4 is 0 Å². The molecule has 0 aromatic heterocycles. The van der Waals surface area contributed by atoms with Crippen LogP contribution in [-0.4, -0.2) is 11.7 Å². The topological polar surface area (TPSA) is 20.2 Å². The summed E-state index contributed by atoms with van der Waals surface area (Å²) in [5.74, 6) is 1.76. The van der Waals surface area contributed by atoms with E-state index in [-0.39, 0.29) is 0 Å². The lowest BCUT2D eigenvalue weighted by molar-refractivity contribution is 0.188. The zero-order chi connectivity index (χ0) is 10.3. The second kappa shape index (κ2) is 3.64. The molecule has 3 rings (SSSR count). The molecule has 0 aliphatic heterocycles. The van der Waals surface area contributed by atoms with E-state index in [1.54, 1.807) is 5.57 Å². The van der Waals surface area contributed by atoms with Gasteiger partial charge in [-0.2, -0.15) is 0 Å². The van der Waals surface area contributed by atoms with E-state index in [9.17, 15) is 5.11 Å². The van der Waals surface area contributed by atoms with Crippen LogP contribution in [0.5, 0.6) is 0 Å². The quantitative estimate of drug-likeness (QED) is 0.648. The Hall–Kier alpha value is -0.820. The van der Waals surface area contributed by atoms with Crippen LogP contribution in [0.15, 0.2) is 35.5 Å². The van der Waals surface area contributed by atoms with Gasteiger partial charge in [0.25, 0.3) is 0 Å². The minimum atomic E-state index is 0.349. The number of hydrogen-bond acceptors (Lipinski definition) is 1. The van der Waals surface area contributed by atoms with Gasteiger partial charge >= 0.3 is 0 Å². The van der Waals surface area contributed by atoms with Gasteiger partial charge in [-0.25, -0.2) is 0 Å². The molecule has 0 amide bonds. The van der Waals surface area contributed by atoms with Crippen molar-refractivity contribution in [2.24, 2.45) is 17.8 Å². The number of aliphatic hydroxyl groups excluding tert-OH is 1. The Morgan fingerprint density at radius 2 is 2.20 bits per heavy atom. The fourth-order valence-electron chi connectivity index (χ4n) is 3.57. The van der Waals surface area contributed by atoms with E-state index < -0.39 is 0 Å². The lowest BCUT2D eigenvalue weighted by atomic mass is 9.79. The van der Waals surface area contributed by atoms with Crippen LogP contribution in [0.2, 0.25) is 0 Å². The summed E-state index contributed by atoms with van der Waals surface area (Å²) in [5.41, 5.74) is 3.09. The number of hydrogen-bond donors (Lipinski definition) is 1. The SMILES string of the molecule is OCC1C2=C(C=CCC2)C2C=CCCC21. The number of allylic oxidation sites excluding steroid dienone is 5. The molecule has 0 saturated heterocycles. The van der Waals surface area contributed by atoms with E-state index >= 15 is 0 Å². The average Bonchev–Trinajstić information content (AvgIpc) is 2.63. The van der Waals surface area contributed by atoms with Crippen molar-refractivity contribution in [1.29, 1.82) is 0 Å². The van der Waals surface area contributed by atoms with Crippen molar-refractivity contribution in [3.8, 4) is 0 Å². The van der Waals surface area contributed by atoms with Gasteiger partial charge in [-0.1, -0.05) is 29.9 Å². The van der Waals surface area contributed by atoms with Gasteiger partial charge in [-0.05, 0) is 37.2 Å². The molecule has 0 fully saturated rings. The molecule has 0 aromatic carbocycles. The predicted octanol–water partition coefficient (Wildman–Crippen LogP) is 2.84. The maximum Gasteiger partial charge on any atom is 0.0499 e. The minimum absolute atomic E-state index is 0.349. The van der Waals surface area contributed by atoms with E-state index in [4.69, 9.17) is 0 Å². The Morgan fingerprint density at radius 3 is 3.07 bits per heavy atom. The van der Waals surface area contributed by atoms with Gasteiger partial charge in [-0.15, -0.1) is 0 Å². The first-order chi connectivity index (χ1) is 7.42. The first kappa shape index (κ1) is 9.41. The molecule has 0 aromatic rings. The van der Waals surface area contributed by atoms with E-state index in [2.05, 4.69) is 24.3 Å². The van der Waals surface area contributed by atoms with Gasteiger partial charge in [-0.3, -0.25) is 0 Å². The maximum atomic E-state index is 9.56. The summed E-state index contributed by atoms with van der Waals surface area (Å²) >= 11 is 0. The second-order valence-corrected chi connectivity index (χ2v) is 4.91. The molecule has 3 aliphatic carbocycles. The van der Waals surface area contributed by atoms with Crippen molar-refractivity contribution in [2.45, 2.75) is 25.7 Å². The van der Waals surface area contributed by atoms with E-state index in [0.717, 1.165) is 0 Å². The molecule has 3 atom stereocenters. The van der Waals surface area contributed by atoms with Crippen LogP contribution in [-0.2, 0) is 0 Å². The lowest BCUT2D eigenvalue weighted by Gasteiger charge is -2.26. The highest BCUT2D eigenvalue weighted by Crippen LogP contribution is 2.49. The summed E-state index contributed by atoms with van der Waals surface area (Å²) < 4.78 is 0. The third-order valence-corrected chi connectivity index (χ3v) is 4.24. The van der Waals surface area contributed by atoms with Gasteiger partial charge in [0.05, 0.1) is 0 Å². The van der Waals surface area contributed by atoms with Gasteiger partial charge in [0.15, 0.2) is 0 Å². The summed E-state index contributed by atoms with van der Waals surface area (Å²) in [7, 11) is 0. The summed E-state index contributed by atoms with van der Waals surface area (Å²) in [5, 5.41) is 9.56. The average molecular weight is 202 g/mol. The Morgan fingerprint density at radius 1 is 1.27 bits per heavy atom. The monoisotopic (exact) mass is 202 g/mol. The number of rotatable bonds is 1. The fourth-order valence-corrected chi connectivity index (χ4v) is 3.57. The Kier molecular flexibility index (Phi) is 2.28. The third kappa shape index (κ3) is 1.33. The molecular formula is C14H18O. The van der Waals surface area contributed by atoms with Gasteiger partial charge in [0.2, 0.25) is 0 Å². The normalized spacial score (nSPS) is 38.1. The molecule has 0 heterocycles. The minimum Gasteiger partial charge on any atom is -0.396 e. The molecule has 3 aliphatic rings. The van der Waals surface area contributed by atoms with E-state index in [1.807, 2.05) is 0 Å². The highest BCUT2D eigenvalue weighted by Gasteiger charge is 2.40. The standard InChI is InChI=1S/C14H18O/c15-9-14-12-7-3-1-5-10(12)11-6-2-4-8-13(11)14/h1-2,5-6,10,12,14-15H,3-4,7-9H2. The summed E-state index contributed by atoms with van der Waals surface area (Å²) in [4.78, 5) is 0. The molecule has 0 bridgehead atoms. The highest BCUT2D eigenvalue weighted by molar-refractivity contribution is 5.42. The molecule has 0 radical (unpaired) electrons. The molecule has 80 valence electrons. The number of fused-ring (bicyclic) bond motifs is 2. The smallest absolute Gasteiger partial charge is 0.0499 e. The van der Waals surface area contributed by atoms with Crippen LogP contribution < -0.4 is 0 Å². The van der Waals surface area contributed by atoms with Crippen LogP contribution in [0.25, 0.3) is 0 Å². The molecule has 1 heteroatoms. The lowest BCUT2D eigenvalue weighted by Crippen LogP contribution is -2.21. The van der Waals surface area contributed by atoms with Gasteiger partial charge in [0.1, 0.15) is 0 Å². The zero-order valence-electron chi connectivity index (χ0n) is 9.02. The molecule has 1 nitrogen and oxygen atoms in total. The molecule has 0 spiro atoms. The van der Waals surface area contributed by atoms with Crippen molar-refractivity contribution in [3.05, 3.63) is 35.5 Å². The first-order valence-corrected chi connectivity index (χ1v) is 6.09. The third-order valence-electron chi connectivity index (χ3n) is 4.24. The van der Waals surface area contributed by atoms with Crippen LogP contribution in [0.4, 0.5) is 0 Å². The first-order valence-electron chi connectivity index (χ1n) is 6.09. The van der Waals surface area contributed by atoms with E-state index in [0.29, 0.717) is 24.4 Å². The molecule has 15 heavy (non-hydrogen) atoms. The van der Waals surface area contributed by atoms with Crippen LogP contribution in [0, 0.1) is 17.8 Å². The maximum absolute atomic E-state index is 9.56. The zero-order valence-corrected chi connectivity index (χ0v) is 9.02. The fraction of sp³-hybridized carbons (Fsp3) is 0.571. The second-order valence-electron chi connectivity index (χ2n) is 4.91. The summed E-state index contributed by atoms with van der Waals surface area (Å²) in [6, 6.07) is 0. The highest BCUT2D eigenvalue weighted by atomic mass is 16.3. The summed E-state index contributed by atoms with van der Waals surface area (Å²) in [6.45, 7) is 0.349. The Bertz CT molecular complexity index is 348. The summed E-state index contributed by atoms with van der Waals surface area (Å²) in [6.07, 6.45) is 14.1. The van der Waals surface area contributed by atoms with Crippen LogP contribution in [0.3, 0.4) is 0 Å². The molecule has 1 N–H and O–H groups in total. The largest absolute Gasteiger partial charge is 0.396 e. The Balaban J connectivity index is 2.01. The van der Waals surface area contributed by atoms with Crippen molar-refractivity contribution in [3.63, 3.8) is 0 Å². The van der Waals surface area contributed by atoms with Gasteiger partial charge < -0.3 is 5.11 Å². The van der Waals surface area contributed by atoms with Crippen LogP contribution in [0.1, 0.15) is 25.7 Å². The molecule has 3 unspecified atom stereocenters. The number of aliphatic hydroxyl groups is 1. The van der Waals surface area contributed by atoms with Gasteiger partial charge in [0, 0.05) is 18.4 Å². The predicted molar refractivity (Wildman–Crippen MR) is 61.3 cm³/mol. The molecule has 0 saturated carbocycles. The van der Waals surface area contributed by atoms with E-state index in [1.165, 1.54) is 31.3 Å². The van der Waals surface area contributed by atoms with Crippen molar-refractivity contribution < 1.29 is 5.11 Å². The van der Waals surface area contributed by atoms with Crippen molar-refractivity contribution in [1.82, 2.24) is 0 Å². The Labute approximate surface area is 91.2 Å². The van der Waals surface area contributed by atoms with Crippen molar-refractivity contribution in [2.75, 3.05) is 6.61 Å². The molecular weight excluding hydrogens is 184 g/mol. The van der Waals surface area contributed by atoms with Crippen LogP contribution >= 0.6 is 0 Å².